The molecular formula is C20H19Cl2F3N2O4S. The monoisotopic (exact) mass is 510 g/mol. The third kappa shape index (κ3) is 5.31. The van der Waals surface area contributed by atoms with Crippen molar-refractivity contribution < 1.29 is 31.1 Å². The zero-order chi connectivity index (χ0) is 23.7. The lowest BCUT2D eigenvalue weighted by molar-refractivity contribution is -0.137. The van der Waals surface area contributed by atoms with Crippen molar-refractivity contribution in [1.29, 1.82) is 0 Å². The van der Waals surface area contributed by atoms with Gasteiger partial charge in [0.15, 0.2) is 0 Å². The molecule has 0 saturated carbocycles. The maximum Gasteiger partial charge on any atom is 0.416 e. The van der Waals surface area contributed by atoms with Crippen LogP contribution in [0.15, 0.2) is 41.3 Å². The number of piperidine rings is 1. The maximum atomic E-state index is 13.0. The summed E-state index contributed by atoms with van der Waals surface area (Å²) in [5.74, 6) is -1.06. The van der Waals surface area contributed by atoms with Crippen molar-refractivity contribution in [2.45, 2.75) is 23.9 Å². The van der Waals surface area contributed by atoms with Gasteiger partial charge in [-0.3, -0.25) is 4.79 Å². The minimum atomic E-state index is -4.60. The van der Waals surface area contributed by atoms with E-state index in [1.54, 1.807) is 0 Å². The molecule has 32 heavy (non-hydrogen) atoms. The molecule has 0 radical (unpaired) electrons. The summed E-state index contributed by atoms with van der Waals surface area (Å²) in [6.07, 6.45) is -3.82. The minimum absolute atomic E-state index is 0.0507. The number of rotatable bonds is 5. The summed E-state index contributed by atoms with van der Waals surface area (Å²) in [4.78, 5) is 12.7. The summed E-state index contributed by atoms with van der Waals surface area (Å²) in [5.41, 5.74) is -1.14. The molecule has 1 heterocycles. The molecule has 1 aliphatic heterocycles. The first kappa shape index (κ1) is 24.6. The smallest absolute Gasteiger partial charge is 0.416 e. The molecule has 174 valence electrons. The highest BCUT2D eigenvalue weighted by Gasteiger charge is 2.35. The van der Waals surface area contributed by atoms with Crippen molar-refractivity contribution in [3.8, 4) is 5.75 Å². The Morgan fingerprint density at radius 3 is 2.50 bits per heavy atom. The Hall–Kier alpha value is -2.01. The van der Waals surface area contributed by atoms with Crippen LogP contribution < -0.4 is 10.1 Å². The van der Waals surface area contributed by atoms with Crippen molar-refractivity contribution in [1.82, 2.24) is 4.31 Å². The molecule has 1 amide bonds. The second-order valence-corrected chi connectivity index (χ2v) is 9.93. The van der Waals surface area contributed by atoms with E-state index >= 15 is 0 Å². The first-order valence-electron chi connectivity index (χ1n) is 9.45. The molecule has 3 rings (SSSR count). The molecule has 0 aromatic heterocycles. The molecule has 0 unspecified atom stereocenters. The van der Waals surface area contributed by atoms with Gasteiger partial charge in [0.25, 0.3) is 0 Å². The zero-order valence-electron chi connectivity index (χ0n) is 16.7. The Labute approximate surface area is 193 Å². The summed E-state index contributed by atoms with van der Waals surface area (Å²) >= 11 is 12.0. The van der Waals surface area contributed by atoms with Gasteiger partial charge in [0.05, 0.1) is 39.2 Å². The lowest BCUT2D eigenvalue weighted by atomic mass is 9.98. The predicted molar refractivity (Wildman–Crippen MR) is 115 cm³/mol. The van der Waals surface area contributed by atoms with Gasteiger partial charge in [-0.1, -0.05) is 23.2 Å². The molecular weight excluding hydrogens is 492 g/mol. The van der Waals surface area contributed by atoms with E-state index in [2.05, 4.69) is 5.32 Å². The van der Waals surface area contributed by atoms with Crippen LogP contribution in [0.3, 0.4) is 0 Å². The number of anilines is 1. The lowest BCUT2D eigenvalue weighted by Gasteiger charge is -2.31. The summed E-state index contributed by atoms with van der Waals surface area (Å²) in [5, 5.41) is 2.47. The third-order valence-electron chi connectivity index (χ3n) is 5.07. The van der Waals surface area contributed by atoms with Crippen LogP contribution in [0.1, 0.15) is 18.4 Å². The quantitative estimate of drug-likeness (QED) is 0.609. The lowest BCUT2D eigenvalue weighted by Crippen LogP contribution is -2.43. The predicted octanol–water partition coefficient (Wildman–Crippen LogP) is 5.06. The van der Waals surface area contributed by atoms with Crippen LogP contribution in [0, 0.1) is 5.92 Å². The van der Waals surface area contributed by atoms with Crippen LogP contribution in [0.4, 0.5) is 18.9 Å². The van der Waals surface area contributed by atoms with Gasteiger partial charge < -0.3 is 10.1 Å². The fraction of sp³-hybridized carbons (Fsp3) is 0.350. The van der Waals surface area contributed by atoms with E-state index in [-0.39, 0.29) is 33.7 Å². The average molecular weight is 511 g/mol. The van der Waals surface area contributed by atoms with Crippen LogP contribution in [0.25, 0.3) is 0 Å². The number of carbonyl (C=O) groups is 1. The summed E-state index contributed by atoms with van der Waals surface area (Å²) in [7, 11) is -2.54. The molecule has 2 aromatic carbocycles. The standard InChI is InChI=1S/C20H19Cl2F3N2O4S/c1-31-18-7-5-14(10-16(18)22)32(29,30)27-8-2-3-12(11-27)19(28)26-17-9-13(20(23,24)25)4-6-15(17)21/h4-7,9-10,12H,2-3,8,11H2,1H3,(H,26,28)/t12-/m0/s1. The molecule has 1 N–H and O–H groups in total. The van der Waals surface area contributed by atoms with Crippen molar-refractivity contribution in [2.24, 2.45) is 5.92 Å². The van der Waals surface area contributed by atoms with Crippen LogP contribution in [0.2, 0.25) is 10.0 Å². The van der Waals surface area contributed by atoms with E-state index in [1.165, 1.54) is 25.3 Å². The van der Waals surface area contributed by atoms with E-state index in [9.17, 15) is 26.4 Å². The number of alkyl halides is 3. The number of sulfonamides is 1. The Kier molecular flexibility index (Phi) is 7.28. The Balaban J connectivity index is 1.77. The molecule has 1 fully saturated rings. The molecule has 2 aromatic rings. The number of amides is 1. The van der Waals surface area contributed by atoms with Crippen molar-refractivity contribution in [2.75, 3.05) is 25.5 Å². The summed E-state index contributed by atoms with van der Waals surface area (Å²) < 4.78 is 71.1. The number of halogens is 5. The number of carbonyl (C=O) groups excluding carboxylic acids is 1. The van der Waals surface area contributed by atoms with E-state index in [0.29, 0.717) is 18.6 Å². The second-order valence-electron chi connectivity index (χ2n) is 7.18. The topological polar surface area (TPSA) is 75.7 Å². The van der Waals surface area contributed by atoms with E-state index in [4.69, 9.17) is 27.9 Å². The van der Waals surface area contributed by atoms with E-state index in [0.717, 1.165) is 22.5 Å². The largest absolute Gasteiger partial charge is 0.495 e. The fourth-order valence-corrected chi connectivity index (χ4v) is 5.40. The number of benzene rings is 2. The van der Waals surface area contributed by atoms with Crippen molar-refractivity contribution in [3.05, 3.63) is 52.0 Å². The molecule has 1 saturated heterocycles. The average Bonchev–Trinajstić information content (AvgIpc) is 2.74. The SMILES string of the molecule is COc1ccc(S(=O)(=O)N2CCC[C@H](C(=O)Nc3cc(C(F)(F)F)ccc3Cl)C2)cc1Cl. The summed E-state index contributed by atoms with van der Waals surface area (Å²) in [6, 6.07) is 6.65. The maximum absolute atomic E-state index is 13.0. The highest BCUT2D eigenvalue weighted by atomic mass is 35.5. The number of hydrogen-bond acceptors (Lipinski definition) is 4. The van der Waals surface area contributed by atoms with Gasteiger partial charge in [0.2, 0.25) is 15.9 Å². The normalized spacial score (nSPS) is 17.8. The van der Waals surface area contributed by atoms with Gasteiger partial charge in [0, 0.05) is 13.1 Å². The van der Waals surface area contributed by atoms with Gasteiger partial charge in [-0.2, -0.15) is 17.5 Å². The number of nitrogens with zero attached hydrogens (tertiary/aromatic N) is 1. The van der Waals surface area contributed by atoms with Crippen molar-refractivity contribution in [3.63, 3.8) is 0 Å². The van der Waals surface area contributed by atoms with E-state index in [1.807, 2.05) is 0 Å². The number of hydrogen-bond donors (Lipinski definition) is 1. The third-order valence-corrected chi connectivity index (χ3v) is 7.55. The van der Waals surface area contributed by atoms with Gasteiger partial charge >= 0.3 is 6.18 Å². The molecule has 0 aliphatic carbocycles. The van der Waals surface area contributed by atoms with Gasteiger partial charge in [0.1, 0.15) is 5.75 Å². The van der Waals surface area contributed by atoms with Gasteiger partial charge in [-0.05, 0) is 49.2 Å². The fourth-order valence-electron chi connectivity index (χ4n) is 3.36. The highest BCUT2D eigenvalue weighted by molar-refractivity contribution is 7.89. The van der Waals surface area contributed by atoms with Crippen LogP contribution >= 0.6 is 23.2 Å². The Bertz CT molecular complexity index is 1130. The van der Waals surface area contributed by atoms with Crippen molar-refractivity contribution >= 4 is 44.8 Å². The van der Waals surface area contributed by atoms with Gasteiger partial charge in [-0.25, -0.2) is 8.42 Å². The number of methoxy groups -OCH3 is 1. The highest BCUT2D eigenvalue weighted by Crippen LogP contribution is 2.35. The van der Waals surface area contributed by atoms with Gasteiger partial charge in [-0.15, -0.1) is 0 Å². The van der Waals surface area contributed by atoms with Crippen LogP contribution in [-0.4, -0.2) is 38.8 Å². The minimum Gasteiger partial charge on any atom is -0.495 e. The van der Waals surface area contributed by atoms with Crippen LogP contribution in [0.5, 0.6) is 5.75 Å². The zero-order valence-corrected chi connectivity index (χ0v) is 19.1. The molecule has 0 bridgehead atoms. The van der Waals surface area contributed by atoms with Crippen LogP contribution in [-0.2, 0) is 21.0 Å². The summed E-state index contributed by atoms with van der Waals surface area (Å²) in [6.45, 7) is 0.0640. The first-order chi connectivity index (χ1) is 14.9. The first-order valence-corrected chi connectivity index (χ1v) is 11.6. The molecule has 12 heteroatoms. The molecule has 1 aliphatic rings. The Morgan fingerprint density at radius 1 is 1.16 bits per heavy atom. The molecule has 1 atom stereocenters. The number of ether oxygens (including phenoxy) is 1. The molecule has 6 nitrogen and oxygen atoms in total. The second kappa shape index (κ2) is 9.46. The van der Waals surface area contributed by atoms with E-state index < -0.39 is 33.6 Å². The Morgan fingerprint density at radius 2 is 1.88 bits per heavy atom. The molecule has 0 spiro atoms. The number of nitrogens with one attached hydrogen (secondary N) is 1.